The Kier molecular flexibility index (Phi) is 7.60. The minimum absolute atomic E-state index is 0.0228. The number of piperidine rings is 1. The van der Waals surface area contributed by atoms with Crippen LogP contribution in [0, 0.1) is 13.8 Å². The maximum atomic E-state index is 12.7. The molecule has 31 heavy (non-hydrogen) atoms. The van der Waals surface area contributed by atoms with Gasteiger partial charge in [0, 0.05) is 42.0 Å². The van der Waals surface area contributed by atoms with Crippen molar-refractivity contribution in [1.82, 2.24) is 20.2 Å². The van der Waals surface area contributed by atoms with Gasteiger partial charge in [-0.2, -0.15) is 0 Å². The Morgan fingerprint density at radius 2 is 1.84 bits per heavy atom. The van der Waals surface area contributed by atoms with E-state index in [0.29, 0.717) is 12.3 Å². The molecule has 0 aliphatic carbocycles. The van der Waals surface area contributed by atoms with Crippen LogP contribution in [0.5, 0.6) is 5.75 Å². The first-order valence-corrected chi connectivity index (χ1v) is 10.9. The number of hydrogen-bond donors (Lipinski definition) is 1. The van der Waals surface area contributed by atoms with Gasteiger partial charge < -0.3 is 15.0 Å². The number of hydrogen-bond acceptors (Lipinski definition) is 5. The van der Waals surface area contributed by atoms with Crippen LogP contribution in [0.1, 0.15) is 55.4 Å². The number of nitrogens with one attached hydrogen (secondary N) is 1. The highest BCUT2D eigenvalue weighted by Gasteiger charge is 2.27. The zero-order chi connectivity index (χ0) is 22.4. The Labute approximate surface area is 184 Å². The third-order valence-electron chi connectivity index (χ3n) is 5.47. The van der Waals surface area contributed by atoms with Crippen LogP contribution >= 0.6 is 0 Å². The normalized spacial score (nSPS) is 16.3. The van der Waals surface area contributed by atoms with Crippen molar-refractivity contribution in [2.75, 3.05) is 19.7 Å². The molecule has 166 valence electrons. The van der Waals surface area contributed by atoms with Gasteiger partial charge in [-0.25, -0.2) is 9.97 Å². The van der Waals surface area contributed by atoms with Crippen molar-refractivity contribution >= 4 is 11.8 Å². The molecule has 1 aromatic carbocycles. The fourth-order valence-corrected chi connectivity index (χ4v) is 3.90. The summed E-state index contributed by atoms with van der Waals surface area (Å²) in [5.74, 6) is 1.49. The molecule has 0 radical (unpaired) electrons. The minimum Gasteiger partial charge on any atom is -0.484 e. The molecule has 7 nitrogen and oxygen atoms in total. The summed E-state index contributed by atoms with van der Waals surface area (Å²) in [4.78, 5) is 36.1. The summed E-state index contributed by atoms with van der Waals surface area (Å²) in [6.07, 6.45) is 2.12. The predicted molar refractivity (Wildman–Crippen MR) is 119 cm³/mol. The molecule has 0 spiro atoms. The number of carbonyl (C=O) groups is 2. The Balaban J connectivity index is 1.64. The highest BCUT2D eigenvalue weighted by atomic mass is 16.5. The summed E-state index contributed by atoms with van der Waals surface area (Å²) in [7, 11) is 0. The molecule has 0 saturated carbocycles. The highest BCUT2D eigenvalue weighted by Crippen LogP contribution is 2.26. The second kappa shape index (κ2) is 10.4. The third kappa shape index (κ3) is 6.26. The summed E-state index contributed by atoms with van der Waals surface area (Å²) in [6.45, 7) is 9.07. The van der Waals surface area contributed by atoms with Crippen molar-refractivity contribution < 1.29 is 14.3 Å². The molecule has 1 saturated heterocycles. The lowest BCUT2D eigenvalue weighted by atomic mass is 9.96. The number of aromatic nitrogens is 2. The second-order valence-electron chi connectivity index (χ2n) is 8.41. The largest absolute Gasteiger partial charge is 0.484 e. The number of rotatable bonds is 7. The van der Waals surface area contributed by atoms with Crippen LogP contribution in [0.15, 0.2) is 30.3 Å². The van der Waals surface area contributed by atoms with E-state index in [-0.39, 0.29) is 36.8 Å². The standard InChI is InChI=1S/C24H32N4O3/c1-16(2)25-22(29)13-21-17(3)26-24(27-18(21)4)19-9-8-12-28(14-19)23(30)15-31-20-10-6-5-7-11-20/h5-7,10-11,16,19H,8-9,12-15H2,1-4H3,(H,25,29)/t19-/m1/s1. The van der Waals surface area contributed by atoms with Crippen LogP contribution in [-0.4, -0.2) is 52.4 Å². The molecule has 2 heterocycles. The van der Waals surface area contributed by atoms with Crippen LogP contribution in [0.4, 0.5) is 0 Å². The van der Waals surface area contributed by atoms with Crippen LogP contribution in [0.2, 0.25) is 0 Å². The van der Waals surface area contributed by atoms with Crippen LogP contribution in [0.3, 0.4) is 0 Å². The zero-order valence-electron chi connectivity index (χ0n) is 18.9. The number of likely N-dealkylation sites (tertiary alicyclic amines) is 1. The van der Waals surface area contributed by atoms with Crippen molar-refractivity contribution in [3.05, 3.63) is 53.1 Å². The van der Waals surface area contributed by atoms with Gasteiger partial charge in [-0.05, 0) is 52.7 Å². The van der Waals surface area contributed by atoms with Gasteiger partial charge in [0.15, 0.2) is 6.61 Å². The minimum atomic E-state index is -0.0241. The maximum absolute atomic E-state index is 12.7. The van der Waals surface area contributed by atoms with E-state index in [1.807, 2.05) is 62.9 Å². The molecule has 2 amide bonds. The van der Waals surface area contributed by atoms with E-state index >= 15 is 0 Å². The molecule has 1 N–H and O–H groups in total. The first-order chi connectivity index (χ1) is 14.8. The molecular formula is C24H32N4O3. The monoisotopic (exact) mass is 424 g/mol. The van der Waals surface area contributed by atoms with Gasteiger partial charge in [0.05, 0.1) is 6.42 Å². The van der Waals surface area contributed by atoms with Gasteiger partial charge in [0.2, 0.25) is 5.91 Å². The van der Waals surface area contributed by atoms with Crippen molar-refractivity contribution in [1.29, 1.82) is 0 Å². The van der Waals surface area contributed by atoms with Crippen molar-refractivity contribution in [3.63, 3.8) is 0 Å². The summed E-state index contributed by atoms with van der Waals surface area (Å²) >= 11 is 0. The van der Waals surface area contributed by atoms with E-state index in [9.17, 15) is 9.59 Å². The van der Waals surface area contributed by atoms with Crippen LogP contribution in [0.25, 0.3) is 0 Å². The molecule has 1 fully saturated rings. The lowest BCUT2D eigenvalue weighted by Crippen LogP contribution is -2.42. The van der Waals surface area contributed by atoms with E-state index < -0.39 is 0 Å². The van der Waals surface area contributed by atoms with Crippen molar-refractivity contribution in [3.8, 4) is 5.75 Å². The average molecular weight is 425 g/mol. The summed E-state index contributed by atoms with van der Waals surface area (Å²) in [5.41, 5.74) is 2.54. The smallest absolute Gasteiger partial charge is 0.260 e. The second-order valence-corrected chi connectivity index (χ2v) is 8.41. The van der Waals surface area contributed by atoms with Gasteiger partial charge in [-0.1, -0.05) is 18.2 Å². The average Bonchev–Trinajstić information content (AvgIpc) is 2.74. The van der Waals surface area contributed by atoms with E-state index in [4.69, 9.17) is 14.7 Å². The summed E-state index contributed by atoms with van der Waals surface area (Å²) in [6, 6.07) is 9.47. The number of para-hydroxylation sites is 1. The zero-order valence-corrected chi connectivity index (χ0v) is 18.9. The van der Waals surface area contributed by atoms with Crippen LogP contribution in [-0.2, 0) is 16.0 Å². The maximum Gasteiger partial charge on any atom is 0.260 e. The quantitative estimate of drug-likeness (QED) is 0.739. The fraction of sp³-hybridized carbons (Fsp3) is 0.500. The fourth-order valence-electron chi connectivity index (χ4n) is 3.90. The molecule has 2 aromatic rings. The Morgan fingerprint density at radius 1 is 1.16 bits per heavy atom. The first-order valence-electron chi connectivity index (χ1n) is 10.9. The lowest BCUT2D eigenvalue weighted by Gasteiger charge is -2.32. The molecule has 0 unspecified atom stereocenters. The topological polar surface area (TPSA) is 84.4 Å². The predicted octanol–water partition coefficient (Wildman–Crippen LogP) is 2.95. The SMILES string of the molecule is Cc1nc([C@@H]2CCCN(C(=O)COc3ccccc3)C2)nc(C)c1CC(=O)NC(C)C. The van der Waals surface area contributed by atoms with Crippen molar-refractivity contribution in [2.24, 2.45) is 0 Å². The number of nitrogens with zero attached hydrogens (tertiary/aromatic N) is 3. The van der Waals surface area contributed by atoms with Crippen molar-refractivity contribution in [2.45, 2.75) is 58.9 Å². The summed E-state index contributed by atoms with van der Waals surface area (Å²) < 4.78 is 5.62. The van der Waals surface area contributed by atoms with Gasteiger partial charge in [-0.15, -0.1) is 0 Å². The van der Waals surface area contributed by atoms with E-state index in [1.165, 1.54) is 0 Å². The molecule has 1 atom stereocenters. The molecule has 0 bridgehead atoms. The highest BCUT2D eigenvalue weighted by molar-refractivity contribution is 5.79. The molecule has 1 aliphatic rings. The molecular weight excluding hydrogens is 392 g/mol. The number of ether oxygens (including phenoxy) is 1. The Morgan fingerprint density at radius 3 is 2.48 bits per heavy atom. The molecule has 7 heteroatoms. The number of amides is 2. The molecule has 1 aliphatic heterocycles. The van der Waals surface area contributed by atoms with Gasteiger partial charge in [0.25, 0.3) is 5.91 Å². The first kappa shape index (κ1) is 22.7. The van der Waals surface area contributed by atoms with Gasteiger partial charge >= 0.3 is 0 Å². The van der Waals surface area contributed by atoms with Crippen LogP contribution < -0.4 is 10.1 Å². The number of carbonyl (C=O) groups excluding carboxylic acids is 2. The van der Waals surface area contributed by atoms with E-state index in [2.05, 4.69) is 5.32 Å². The van der Waals surface area contributed by atoms with E-state index in [1.54, 1.807) is 0 Å². The Bertz CT molecular complexity index is 891. The number of aryl methyl sites for hydroxylation is 2. The number of benzene rings is 1. The van der Waals surface area contributed by atoms with Gasteiger partial charge in [-0.3, -0.25) is 9.59 Å². The van der Waals surface area contributed by atoms with E-state index in [0.717, 1.165) is 42.2 Å². The lowest BCUT2D eigenvalue weighted by molar-refractivity contribution is -0.134. The Hall–Kier alpha value is -2.96. The molecule has 1 aromatic heterocycles. The van der Waals surface area contributed by atoms with Gasteiger partial charge in [0.1, 0.15) is 11.6 Å². The summed E-state index contributed by atoms with van der Waals surface area (Å²) in [5, 5.41) is 2.92. The molecule has 3 rings (SSSR count). The third-order valence-corrected chi connectivity index (χ3v) is 5.47.